The third kappa shape index (κ3) is 2.77. The Bertz CT molecular complexity index is 598. The minimum atomic E-state index is -0.879. The van der Waals surface area contributed by atoms with Gasteiger partial charge in [-0.25, -0.2) is 0 Å². The number of benzene rings is 1. The van der Waals surface area contributed by atoms with E-state index in [9.17, 15) is 9.90 Å². The first kappa shape index (κ1) is 16.7. The zero-order valence-corrected chi connectivity index (χ0v) is 14.5. The van der Waals surface area contributed by atoms with Gasteiger partial charge in [0.2, 0.25) is 5.91 Å². The average molecular weight is 337 g/mol. The van der Waals surface area contributed by atoms with Crippen molar-refractivity contribution in [2.24, 2.45) is 17.1 Å². The fourth-order valence-corrected chi connectivity index (χ4v) is 3.85. The second-order valence-corrected chi connectivity index (χ2v) is 7.86. The molecule has 126 valence electrons. The zero-order valence-electron chi connectivity index (χ0n) is 13.8. The second kappa shape index (κ2) is 5.76. The molecular formula is C18H25ClN2O2. The third-order valence-corrected chi connectivity index (χ3v) is 5.86. The predicted octanol–water partition coefficient (Wildman–Crippen LogP) is 2.52. The van der Waals surface area contributed by atoms with Gasteiger partial charge in [0.15, 0.2) is 0 Å². The van der Waals surface area contributed by atoms with Gasteiger partial charge < -0.3 is 15.7 Å². The van der Waals surface area contributed by atoms with Crippen molar-refractivity contribution < 1.29 is 9.90 Å². The Morgan fingerprint density at radius 3 is 2.39 bits per heavy atom. The van der Waals surface area contributed by atoms with Crippen molar-refractivity contribution in [3.05, 3.63) is 34.9 Å². The number of nitrogens with two attached hydrogens (primary N) is 1. The molecule has 1 aromatic rings. The Kier molecular flexibility index (Phi) is 4.20. The number of carbonyl (C=O) groups excluding carboxylic acids is 1. The first-order chi connectivity index (χ1) is 10.8. The largest absolute Gasteiger partial charge is 0.384 e. The highest BCUT2D eigenvalue weighted by molar-refractivity contribution is 6.30. The van der Waals surface area contributed by atoms with E-state index in [4.69, 9.17) is 17.3 Å². The van der Waals surface area contributed by atoms with E-state index in [2.05, 4.69) is 0 Å². The molecule has 3 rings (SSSR count). The average Bonchev–Trinajstić information content (AvgIpc) is 3.30. The van der Waals surface area contributed by atoms with Crippen LogP contribution >= 0.6 is 11.6 Å². The molecule has 5 heteroatoms. The summed E-state index contributed by atoms with van der Waals surface area (Å²) >= 11 is 5.96. The number of likely N-dealkylation sites (tertiary alicyclic amines) is 1. The van der Waals surface area contributed by atoms with Crippen LogP contribution in [0.4, 0.5) is 0 Å². The summed E-state index contributed by atoms with van der Waals surface area (Å²) in [5, 5.41) is 12.0. The summed E-state index contributed by atoms with van der Waals surface area (Å²) in [6.07, 6.45) is 2.42. The molecule has 2 fully saturated rings. The molecule has 1 heterocycles. The summed E-state index contributed by atoms with van der Waals surface area (Å²) in [4.78, 5) is 14.4. The standard InChI is InChI=1S/C18H25ClN2O2/c1-12(2)15(20)16(22)21-10-9-18(23,17(11-21)7-8-17)13-3-5-14(19)6-4-13/h3-6,12,15,23H,7-11,20H2,1-2H3. The maximum Gasteiger partial charge on any atom is 0.239 e. The molecule has 0 bridgehead atoms. The van der Waals surface area contributed by atoms with Crippen LogP contribution in [0.3, 0.4) is 0 Å². The monoisotopic (exact) mass is 336 g/mol. The normalized spacial score (nSPS) is 27.3. The van der Waals surface area contributed by atoms with E-state index >= 15 is 0 Å². The molecule has 0 aromatic heterocycles. The minimum absolute atomic E-state index is 0.00410. The Morgan fingerprint density at radius 1 is 1.26 bits per heavy atom. The third-order valence-electron chi connectivity index (χ3n) is 5.60. The molecule has 2 atom stereocenters. The molecule has 23 heavy (non-hydrogen) atoms. The molecule has 4 nitrogen and oxygen atoms in total. The number of nitrogens with zero attached hydrogens (tertiary/aromatic N) is 1. The molecule has 2 aliphatic rings. The van der Waals surface area contributed by atoms with E-state index in [-0.39, 0.29) is 17.2 Å². The smallest absolute Gasteiger partial charge is 0.239 e. The van der Waals surface area contributed by atoms with E-state index in [1.807, 2.05) is 43.0 Å². The first-order valence-electron chi connectivity index (χ1n) is 8.32. The molecule has 1 saturated carbocycles. The first-order valence-corrected chi connectivity index (χ1v) is 8.70. The van der Waals surface area contributed by atoms with Crippen LogP contribution in [0, 0.1) is 11.3 Å². The number of aliphatic hydroxyl groups is 1. The van der Waals surface area contributed by atoms with Crippen LogP contribution in [0.25, 0.3) is 0 Å². The van der Waals surface area contributed by atoms with Gasteiger partial charge in [-0.15, -0.1) is 0 Å². The summed E-state index contributed by atoms with van der Waals surface area (Å²) in [6, 6.07) is 6.97. The van der Waals surface area contributed by atoms with Gasteiger partial charge in [0, 0.05) is 23.5 Å². The van der Waals surface area contributed by atoms with Crippen LogP contribution in [-0.2, 0) is 10.4 Å². The highest BCUT2D eigenvalue weighted by Gasteiger charge is 2.62. The van der Waals surface area contributed by atoms with Crippen molar-refractivity contribution in [1.29, 1.82) is 0 Å². The van der Waals surface area contributed by atoms with E-state index in [0.717, 1.165) is 18.4 Å². The second-order valence-electron chi connectivity index (χ2n) is 7.43. The summed E-state index contributed by atoms with van der Waals surface area (Å²) in [5.41, 5.74) is 5.82. The molecule has 1 aliphatic carbocycles. The van der Waals surface area contributed by atoms with Crippen molar-refractivity contribution in [2.75, 3.05) is 13.1 Å². The molecule has 1 saturated heterocycles. The zero-order chi connectivity index (χ0) is 16.8. The lowest BCUT2D eigenvalue weighted by Crippen LogP contribution is -2.57. The van der Waals surface area contributed by atoms with Crippen LogP contribution in [-0.4, -0.2) is 35.0 Å². The summed E-state index contributed by atoms with van der Waals surface area (Å²) in [6.45, 7) is 5.05. The van der Waals surface area contributed by atoms with Gasteiger partial charge >= 0.3 is 0 Å². The van der Waals surface area contributed by atoms with E-state index in [1.165, 1.54) is 0 Å². The molecule has 1 aromatic carbocycles. The fourth-order valence-electron chi connectivity index (χ4n) is 3.72. The highest BCUT2D eigenvalue weighted by Crippen LogP contribution is 2.62. The van der Waals surface area contributed by atoms with Crippen LogP contribution in [0.1, 0.15) is 38.7 Å². The Hall–Kier alpha value is -1.10. The highest BCUT2D eigenvalue weighted by atomic mass is 35.5. The van der Waals surface area contributed by atoms with Gasteiger partial charge in [-0.1, -0.05) is 37.6 Å². The van der Waals surface area contributed by atoms with Gasteiger partial charge in [0.1, 0.15) is 0 Å². The number of hydrogen-bond donors (Lipinski definition) is 2. The molecule has 1 aliphatic heterocycles. The molecule has 0 radical (unpaired) electrons. The number of piperidine rings is 1. The molecule has 3 N–H and O–H groups in total. The predicted molar refractivity (Wildman–Crippen MR) is 91.0 cm³/mol. The SMILES string of the molecule is CC(C)C(N)C(=O)N1CCC(O)(c2ccc(Cl)cc2)C2(CC2)C1. The van der Waals surface area contributed by atoms with Crippen LogP contribution in [0.15, 0.2) is 24.3 Å². The minimum Gasteiger partial charge on any atom is -0.384 e. The lowest BCUT2D eigenvalue weighted by molar-refractivity contribution is -0.146. The quantitative estimate of drug-likeness (QED) is 0.891. The van der Waals surface area contributed by atoms with Gasteiger partial charge in [-0.3, -0.25) is 4.79 Å². The topological polar surface area (TPSA) is 66.6 Å². The molecular weight excluding hydrogens is 312 g/mol. The van der Waals surface area contributed by atoms with Gasteiger partial charge in [0.05, 0.1) is 11.6 Å². The lowest BCUT2D eigenvalue weighted by atomic mass is 9.73. The van der Waals surface area contributed by atoms with E-state index < -0.39 is 11.6 Å². The number of carbonyl (C=O) groups is 1. The number of rotatable bonds is 3. The van der Waals surface area contributed by atoms with Crippen molar-refractivity contribution in [1.82, 2.24) is 4.90 Å². The van der Waals surface area contributed by atoms with Crippen molar-refractivity contribution >= 4 is 17.5 Å². The molecule has 1 amide bonds. The summed E-state index contributed by atoms with van der Waals surface area (Å²) < 4.78 is 0. The van der Waals surface area contributed by atoms with Gasteiger partial charge in [-0.05, 0) is 42.9 Å². The van der Waals surface area contributed by atoms with E-state index in [1.54, 1.807) is 0 Å². The van der Waals surface area contributed by atoms with Gasteiger partial charge in [-0.2, -0.15) is 0 Å². The molecule has 2 unspecified atom stereocenters. The Labute approximate surface area is 142 Å². The maximum absolute atomic E-state index is 12.5. The van der Waals surface area contributed by atoms with Crippen molar-refractivity contribution in [3.63, 3.8) is 0 Å². The van der Waals surface area contributed by atoms with Crippen LogP contribution in [0.2, 0.25) is 5.02 Å². The number of amides is 1. The number of hydrogen-bond acceptors (Lipinski definition) is 3. The summed E-state index contributed by atoms with van der Waals surface area (Å²) in [7, 11) is 0. The van der Waals surface area contributed by atoms with Crippen molar-refractivity contribution in [3.8, 4) is 0 Å². The number of halogens is 1. The maximum atomic E-state index is 12.5. The van der Waals surface area contributed by atoms with Crippen LogP contribution < -0.4 is 5.73 Å². The molecule has 1 spiro atoms. The van der Waals surface area contributed by atoms with Crippen LogP contribution in [0.5, 0.6) is 0 Å². The van der Waals surface area contributed by atoms with Gasteiger partial charge in [0.25, 0.3) is 0 Å². The Morgan fingerprint density at radius 2 is 1.87 bits per heavy atom. The lowest BCUT2D eigenvalue weighted by Gasteiger charge is -2.46. The van der Waals surface area contributed by atoms with Crippen molar-refractivity contribution in [2.45, 2.75) is 44.8 Å². The summed E-state index contributed by atoms with van der Waals surface area (Å²) in [5.74, 6) is 0.124. The van der Waals surface area contributed by atoms with E-state index in [0.29, 0.717) is 24.5 Å². The fraction of sp³-hybridized carbons (Fsp3) is 0.611. The Balaban J connectivity index is 1.81.